The molecule has 1 unspecified atom stereocenters. The zero-order valence-electron chi connectivity index (χ0n) is 17.4. The maximum Gasteiger partial charge on any atom is 0.328 e. The first-order chi connectivity index (χ1) is 15.0. The van der Waals surface area contributed by atoms with Gasteiger partial charge in [0.05, 0.1) is 26.2 Å². The number of benzene rings is 1. The van der Waals surface area contributed by atoms with E-state index in [0.29, 0.717) is 16.4 Å². The van der Waals surface area contributed by atoms with Crippen molar-refractivity contribution in [3.63, 3.8) is 0 Å². The fourth-order valence-corrected chi connectivity index (χ4v) is 4.04. The molecule has 1 amide bonds. The smallest absolute Gasteiger partial charge is 0.328 e. The summed E-state index contributed by atoms with van der Waals surface area (Å²) in [6.45, 7) is 1.34. The number of ether oxygens (including phenoxy) is 1. The molecule has 0 spiro atoms. The molecule has 0 aliphatic rings. The SMILES string of the molecule is CC(NC(=O)c1cc(S(=O)(=O)N(C)C)ccc1Cl)C(=O)OCc1cn2cc(Cl)ccc2n1. The number of sulfonamides is 1. The summed E-state index contributed by atoms with van der Waals surface area (Å²) in [4.78, 5) is 29.2. The quantitative estimate of drug-likeness (QED) is 0.501. The highest BCUT2D eigenvalue weighted by Crippen LogP contribution is 2.22. The van der Waals surface area contributed by atoms with E-state index in [2.05, 4.69) is 10.3 Å². The lowest BCUT2D eigenvalue weighted by atomic mass is 10.2. The molecule has 0 fully saturated rings. The van der Waals surface area contributed by atoms with Gasteiger partial charge >= 0.3 is 5.97 Å². The zero-order chi connectivity index (χ0) is 23.6. The number of nitrogens with one attached hydrogen (secondary N) is 1. The molecule has 32 heavy (non-hydrogen) atoms. The number of fused-ring (bicyclic) bond motifs is 1. The Morgan fingerprint density at radius 1 is 1.19 bits per heavy atom. The van der Waals surface area contributed by atoms with Crippen LogP contribution >= 0.6 is 23.2 Å². The van der Waals surface area contributed by atoms with Crippen LogP contribution in [-0.4, -0.2) is 54.1 Å². The summed E-state index contributed by atoms with van der Waals surface area (Å²) in [5.41, 5.74) is 1.07. The van der Waals surface area contributed by atoms with Crippen molar-refractivity contribution in [2.75, 3.05) is 14.1 Å². The topological polar surface area (TPSA) is 110 Å². The van der Waals surface area contributed by atoms with Gasteiger partial charge in [-0.25, -0.2) is 22.5 Å². The number of halogens is 2. The number of rotatable bonds is 7. The molecule has 2 heterocycles. The molecule has 170 valence electrons. The number of carbonyl (C=O) groups excluding carboxylic acids is 2. The van der Waals surface area contributed by atoms with Gasteiger partial charge in [-0.3, -0.25) is 4.79 Å². The number of hydrogen-bond acceptors (Lipinski definition) is 6. The highest BCUT2D eigenvalue weighted by molar-refractivity contribution is 7.89. The third-order valence-corrected chi connectivity index (χ3v) is 6.85. The van der Waals surface area contributed by atoms with Crippen LogP contribution in [0.2, 0.25) is 10.0 Å². The zero-order valence-corrected chi connectivity index (χ0v) is 19.7. The van der Waals surface area contributed by atoms with Gasteiger partial charge in [0.1, 0.15) is 18.3 Å². The van der Waals surface area contributed by atoms with Crippen LogP contribution in [0, 0.1) is 0 Å². The first-order valence-electron chi connectivity index (χ1n) is 9.32. The van der Waals surface area contributed by atoms with E-state index in [4.69, 9.17) is 27.9 Å². The monoisotopic (exact) mass is 498 g/mol. The lowest BCUT2D eigenvalue weighted by Crippen LogP contribution is -2.39. The highest BCUT2D eigenvalue weighted by atomic mass is 35.5. The molecule has 0 saturated heterocycles. The minimum Gasteiger partial charge on any atom is -0.458 e. The minimum atomic E-state index is -3.76. The summed E-state index contributed by atoms with van der Waals surface area (Å²) in [7, 11) is -1.01. The van der Waals surface area contributed by atoms with Gasteiger partial charge in [-0.05, 0) is 37.3 Å². The van der Waals surface area contributed by atoms with E-state index in [-0.39, 0.29) is 22.1 Å². The largest absolute Gasteiger partial charge is 0.458 e. The van der Waals surface area contributed by atoms with Gasteiger partial charge < -0.3 is 14.5 Å². The van der Waals surface area contributed by atoms with Crippen molar-refractivity contribution in [2.24, 2.45) is 0 Å². The average molecular weight is 499 g/mol. The van der Waals surface area contributed by atoms with Crippen LogP contribution in [0.3, 0.4) is 0 Å². The van der Waals surface area contributed by atoms with Crippen molar-refractivity contribution in [1.82, 2.24) is 19.0 Å². The number of aromatic nitrogens is 2. The Hall–Kier alpha value is -2.66. The van der Waals surface area contributed by atoms with Crippen LogP contribution < -0.4 is 5.32 Å². The normalized spacial score (nSPS) is 12.7. The molecule has 2 aromatic heterocycles. The van der Waals surface area contributed by atoms with Crippen molar-refractivity contribution < 1.29 is 22.7 Å². The highest BCUT2D eigenvalue weighted by Gasteiger charge is 2.23. The van der Waals surface area contributed by atoms with Crippen LogP contribution in [0.1, 0.15) is 23.0 Å². The van der Waals surface area contributed by atoms with Crippen LogP contribution in [0.4, 0.5) is 0 Å². The molecule has 3 aromatic rings. The molecule has 1 N–H and O–H groups in total. The number of pyridine rings is 1. The second-order valence-electron chi connectivity index (χ2n) is 7.08. The Balaban J connectivity index is 1.66. The number of esters is 1. The molecular formula is C20H20Cl2N4O5S. The molecule has 9 nitrogen and oxygen atoms in total. The van der Waals surface area contributed by atoms with Crippen LogP contribution in [0.15, 0.2) is 47.6 Å². The van der Waals surface area contributed by atoms with Gasteiger partial charge in [-0.1, -0.05) is 23.2 Å². The Morgan fingerprint density at radius 3 is 2.59 bits per heavy atom. The molecule has 0 aliphatic carbocycles. The first-order valence-corrected chi connectivity index (χ1v) is 11.5. The summed E-state index contributed by atoms with van der Waals surface area (Å²) in [6, 6.07) is 6.18. The van der Waals surface area contributed by atoms with Crippen LogP contribution in [0.5, 0.6) is 0 Å². The van der Waals surface area contributed by atoms with Gasteiger partial charge in [0.15, 0.2) is 0 Å². The molecular weight excluding hydrogens is 479 g/mol. The first kappa shape index (κ1) is 24.0. The molecule has 3 rings (SSSR count). The fraction of sp³-hybridized carbons (Fsp3) is 0.250. The average Bonchev–Trinajstić information content (AvgIpc) is 3.13. The predicted octanol–water partition coefficient (Wildman–Crippen LogP) is 2.75. The number of amides is 1. The van der Waals surface area contributed by atoms with Crippen molar-refractivity contribution in [3.8, 4) is 0 Å². The van der Waals surface area contributed by atoms with Gasteiger partial charge in [0.2, 0.25) is 10.0 Å². The van der Waals surface area contributed by atoms with Crippen molar-refractivity contribution in [2.45, 2.75) is 24.5 Å². The number of imidazole rings is 1. The molecule has 0 radical (unpaired) electrons. The summed E-state index contributed by atoms with van der Waals surface area (Å²) < 4.78 is 32.6. The summed E-state index contributed by atoms with van der Waals surface area (Å²) in [5.74, 6) is -1.40. The van der Waals surface area contributed by atoms with E-state index in [1.165, 1.54) is 33.2 Å². The second-order valence-corrected chi connectivity index (χ2v) is 10.1. The number of nitrogens with zero attached hydrogens (tertiary/aromatic N) is 3. The van der Waals surface area contributed by atoms with E-state index in [1.807, 2.05) is 0 Å². The van der Waals surface area contributed by atoms with Gasteiger partial charge in [-0.15, -0.1) is 0 Å². The molecule has 0 bridgehead atoms. The van der Waals surface area contributed by atoms with Crippen molar-refractivity contribution in [1.29, 1.82) is 0 Å². The van der Waals surface area contributed by atoms with Crippen molar-refractivity contribution >= 4 is 50.7 Å². The Bertz CT molecular complexity index is 1290. The van der Waals surface area contributed by atoms with Gasteiger partial charge in [0, 0.05) is 26.5 Å². The lowest BCUT2D eigenvalue weighted by Gasteiger charge is -2.15. The van der Waals surface area contributed by atoms with Gasteiger partial charge in [0.25, 0.3) is 5.91 Å². The molecule has 12 heteroatoms. The molecule has 0 aliphatic heterocycles. The van der Waals surface area contributed by atoms with E-state index in [9.17, 15) is 18.0 Å². The standard InChI is InChI=1S/C20H20Cl2N4O5S/c1-12(20(28)31-11-14-10-26-9-13(21)4-7-18(26)24-14)23-19(27)16-8-15(5-6-17(16)22)32(29,30)25(2)3/h4-10,12H,11H2,1-3H3,(H,23,27). The van der Waals surface area contributed by atoms with Crippen LogP contribution in [0.25, 0.3) is 5.65 Å². The van der Waals surface area contributed by atoms with E-state index < -0.39 is 27.9 Å². The Kier molecular flexibility index (Phi) is 7.09. The van der Waals surface area contributed by atoms with E-state index >= 15 is 0 Å². The maximum absolute atomic E-state index is 12.6. The third-order valence-electron chi connectivity index (χ3n) is 4.49. The van der Waals surface area contributed by atoms with Crippen LogP contribution in [-0.2, 0) is 26.2 Å². The summed E-state index contributed by atoms with van der Waals surface area (Å²) in [5, 5.41) is 3.05. The third kappa shape index (κ3) is 5.21. The molecule has 1 aromatic carbocycles. The summed E-state index contributed by atoms with van der Waals surface area (Å²) >= 11 is 12.0. The van der Waals surface area contributed by atoms with Gasteiger partial charge in [-0.2, -0.15) is 0 Å². The fourth-order valence-electron chi connectivity index (χ4n) is 2.74. The van der Waals surface area contributed by atoms with Crippen molar-refractivity contribution in [3.05, 3.63) is 64.0 Å². The van der Waals surface area contributed by atoms with E-state index in [0.717, 1.165) is 10.4 Å². The second kappa shape index (κ2) is 9.45. The minimum absolute atomic E-state index is 0.0455. The molecule has 0 saturated carbocycles. The number of hydrogen-bond donors (Lipinski definition) is 1. The predicted molar refractivity (Wildman–Crippen MR) is 119 cm³/mol. The maximum atomic E-state index is 12.6. The van der Waals surface area contributed by atoms with E-state index in [1.54, 1.807) is 28.9 Å². The summed E-state index contributed by atoms with van der Waals surface area (Å²) in [6.07, 6.45) is 3.35. The Labute approximate surface area is 194 Å². The Morgan fingerprint density at radius 2 is 1.91 bits per heavy atom. The lowest BCUT2D eigenvalue weighted by molar-refractivity contribution is -0.146. The number of carbonyl (C=O) groups is 2. The molecule has 1 atom stereocenters.